The molecule has 1 unspecified atom stereocenters. The fourth-order valence-corrected chi connectivity index (χ4v) is 1.82. The van der Waals surface area contributed by atoms with Gasteiger partial charge in [0.15, 0.2) is 5.96 Å². The zero-order valence-electron chi connectivity index (χ0n) is 10.6. The molecule has 16 heavy (non-hydrogen) atoms. The largest absolute Gasteiger partial charge is 0.361 e. The molecule has 1 rings (SSSR count). The summed E-state index contributed by atoms with van der Waals surface area (Å²) in [4.78, 5) is 4.06. The maximum absolute atomic E-state index is 5.15. The molecule has 2 N–H and O–H groups in total. The Labute approximate surface area is 96.3 Å². The highest BCUT2D eigenvalue weighted by atomic mass is 16.5. The Morgan fingerprint density at radius 3 is 2.62 bits per heavy atom. The molecule has 90 valence electrons. The van der Waals surface area contributed by atoms with Gasteiger partial charge in [-0.15, -0.1) is 0 Å². The van der Waals surface area contributed by atoms with Gasteiger partial charge in [0.1, 0.15) is 5.76 Å². The van der Waals surface area contributed by atoms with Crippen molar-refractivity contribution in [1.29, 1.82) is 0 Å². The molecule has 0 aliphatic heterocycles. The van der Waals surface area contributed by atoms with Gasteiger partial charge in [-0.3, -0.25) is 4.99 Å². The smallest absolute Gasteiger partial charge is 0.190 e. The topological polar surface area (TPSA) is 62.5 Å². The first kappa shape index (κ1) is 12.5. The van der Waals surface area contributed by atoms with Crippen LogP contribution in [-0.4, -0.2) is 31.8 Å². The molecule has 1 aromatic heterocycles. The van der Waals surface area contributed by atoms with Crippen molar-refractivity contribution in [2.75, 3.05) is 20.6 Å². The van der Waals surface area contributed by atoms with E-state index in [1.807, 2.05) is 20.9 Å². The first-order valence-electron chi connectivity index (χ1n) is 5.41. The number of aliphatic imine (C=N–C) groups is 1. The number of hydrogen-bond acceptors (Lipinski definition) is 3. The minimum absolute atomic E-state index is 0.344. The third-order valence-corrected chi connectivity index (χ3v) is 2.62. The van der Waals surface area contributed by atoms with E-state index in [-0.39, 0.29) is 0 Å². The number of nitrogens with one attached hydrogen (secondary N) is 2. The van der Waals surface area contributed by atoms with Crippen molar-refractivity contribution in [2.45, 2.75) is 26.7 Å². The van der Waals surface area contributed by atoms with E-state index < -0.39 is 0 Å². The Morgan fingerprint density at radius 2 is 2.19 bits per heavy atom. The molecule has 0 saturated carbocycles. The SMILES string of the molecule is CN=C(NC)NCC(C)c1c(C)noc1C. The second-order valence-corrected chi connectivity index (χ2v) is 3.84. The summed E-state index contributed by atoms with van der Waals surface area (Å²) in [7, 11) is 3.59. The third-order valence-electron chi connectivity index (χ3n) is 2.62. The number of aromatic nitrogens is 1. The summed E-state index contributed by atoms with van der Waals surface area (Å²) in [6.45, 7) is 6.85. The van der Waals surface area contributed by atoms with E-state index in [0.717, 1.165) is 24.0 Å². The van der Waals surface area contributed by atoms with Crippen molar-refractivity contribution in [2.24, 2.45) is 4.99 Å². The molecule has 0 aromatic carbocycles. The molecule has 0 aliphatic rings. The van der Waals surface area contributed by atoms with Gasteiger partial charge in [0.05, 0.1) is 5.69 Å². The van der Waals surface area contributed by atoms with E-state index in [4.69, 9.17) is 4.52 Å². The number of aryl methyl sites for hydroxylation is 2. The van der Waals surface area contributed by atoms with Crippen molar-refractivity contribution >= 4 is 5.96 Å². The molecule has 5 heteroatoms. The maximum atomic E-state index is 5.15. The Bertz CT molecular complexity index is 351. The molecule has 0 aliphatic carbocycles. The van der Waals surface area contributed by atoms with Gasteiger partial charge >= 0.3 is 0 Å². The molecule has 1 heterocycles. The highest BCUT2D eigenvalue weighted by molar-refractivity contribution is 5.79. The molecular weight excluding hydrogens is 204 g/mol. The van der Waals surface area contributed by atoms with Gasteiger partial charge in [-0.05, 0) is 13.8 Å². The van der Waals surface area contributed by atoms with E-state index in [1.165, 1.54) is 5.56 Å². The average Bonchev–Trinajstić information content (AvgIpc) is 2.60. The van der Waals surface area contributed by atoms with Gasteiger partial charge in [-0.2, -0.15) is 0 Å². The van der Waals surface area contributed by atoms with Crippen molar-refractivity contribution in [3.05, 3.63) is 17.0 Å². The average molecular weight is 224 g/mol. The Kier molecular flexibility index (Phi) is 4.34. The minimum atomic E-state index is 0.344. The number of hydrogen-bond donors (Lipinski definition) is 2. The highest BCUT2D eigenvalue weighted by Gasteiger charge is 2.16. The van der Waals surface area contributed by atoms with Crippen molar-refractivity contribution in [3.8, 4) is 0 Å². The normalized spacial score (nSPS) is 13.7. The predicted octanol–water partition coefficient (Wildman–Crippen LogP) is 1.19. The fraction of sp³-hybridized carbons (Fsp3) is 0.636. The zero-order chi connectivity index (χ0) is 12.1. The van der Waals surface area contributed by atoms with Gasteiger partial charge < -0.3 is 15.2 Å². The van der Waals surface area contributed by atoms with Crippen LogP contribution in [0.2, 0.25) is 0 Å². The maximum Gasteiger partial charge on any atom is 0.190 e. The summed E-state index contributed by atoms with van der Waals surface area (Å²) in [6, 6.07) is 0. The highest BCUT2D eigenvalue weighted by Crippen LogP contribution is 2.22. The molecule has 0 saturated heterocycles. The lowest BCUT2D eigenvalue weighted by atomic mass is 10.00. The van der Waals surface area contributed by atoms with E-state index >= 15 is 0 Å². The van der Waals surface area contributed by atoms with Gasteiger partial charge in [-0.1, -0.05) is 12.1 Å². The fourth-order valence-electron chi connectivity index (χ4n) is 1.82. The lowest BCUT2D eigenvalue weighted by molar-refractivity contribution is 0.391. The van der Waals surface area contributed by atoms with Crippen molar-refractivity contribution in [3.63, 3.8) is 0 Å². The van der Waals surface area contributed by atoms with Crippen LogP contribution >= 0.6 is 0 Å². The summed E-state index contributed by atoms with van der Waals surface area (Å²) in [5.41, 5.74) is 2.14. The second kappa shape index (κ2) is 5.53. The van der Waals surface area contributed by atoms with Gasteiger partial charge in [-0.25, -0.2) is 0 Å². The number of guanidine groups is 1. The number of nitrogens with zero attached hydrogens (tertiary/aromatic N) is 2. The summed E-state index contributed by atoms with van der Waals surface area (Å²) < 4.78 is 5.15. The van der Waals surface area contributed by atoms with E-state index in [0.29, 0.717) is 5.92 Å². The molecule has 1 aromatic rings. The molecule has 5 nitrogen and oxygen atoms in total. The van der Waals surface area contributed by atoms with Crippen molar-refractivity contribution < 1.29 is 4.52 Å². The molecule has 0 amide bonds. The van der Waals surface area contributed by atoms with E-state index in [2.05, 4.69) is 27.7 Å². The summed E-state index contributed by atoms with van der Waals surface area (Å²) >= 11 is 0. The van der Waals surface area contributed by atoms with Crippen LogP contribution < -0.4 is 10.6 Å². The van der Waals surface area contributed by atoms with Crippen LogP contribution in [0.3, 0.4) is 0 Å². The predicted molar refractivity (Wildman–Crippen MR) is 64.8 cm³/mol. The second-order valence-electron chi connectivity index (χ2n) is 3.84. The van der Waals surface area contributed by atoms with E-state index in [9.17, 15) is 0 Å². The van der Waals surface area contributed by atoms with Crippen LogP contribution in [-0.2, 0) is 0 Å². The monoisotopic (exact) mass is 224 g/mol. The van der Waals surface area contributed by atoms with Crippen LogP contribution in [0.5, 0.6) is 0 Å². The molecular formula is C11H20N4O. The Hall–Kier alpha value is -1.52. The zero-order valence-corrected chi connectivity index (χ0v) is 10.6. The van der Waals surface area contributed by atoms with E-state index in [1.54, 1.807) is 7.05 Å². The summed E-state index contributed by atoms with van der Waals surface area (Å²) in [5, 5.41) is 10.2. The lowest BCUT2D eigenvalue weighted by Crippen LogP contribution is -2.36. The molecule has 0 fully saturated rings. The van der Waals surface area contributed by atoms with Crippen LogP contribution in [0.4, 0.5) is 0 Å². The van der Waals surface area contributed by atoms with Gasteiger partial charge in [0.25, 0.3) is 0 Å². The van der Waals surface area contributed by atoms with Crippen LogP contribution in [0.25, 0.3) is 0 Å². The summed E-state index contributed by atoms with van der Waals surface area (Å²) in [6.07, 6.45) is 0. The third kappa shape index (κ3) is 2.74. The molecule has 1 atom stereocenters. The first-order chi connectivity index (χ1) is 7.60. The Morgan fingerprint density at radius 1 is 1.50 bits per heavy atom. The quantitative estimate of drug-likeness (QED) is 0.598. The summed E-state index contributed by atoms with van der Waals surface area (Å²) in [5.74, 6) is 2.03. The molecule has 0 bridgehead atoms. The number of rotatable bonds is 3. The Balaban J connectivity index is 2.63. The minimum Gasteiger partial charge on any atom is -0.361 e. The molecule has 0 spiro atoms. The van der Waals surface area contributed by atoms with Gasteiger partial charge in [0, 0.05) is 32.1 Å². The standard InChI is InChI=1S/C11H20N4O/c1-7(6-14-11(12-4)13-5)10-8(2)15-16-9(10)3/h7H,6H2,1-5H3,(H2,12,13,14). The molecule has 0 radical (unpaired) electrons. The van der Waals surface area contributed by atoms with Crippen LogP contribution in [0, 0.1) is 13.8 Å². The van der Waals surface area contributed by atoms with Gasteiger partial charge in [0.2, 0.25) is 0 Å². The van der Waals surface area contributed by atoms with Crippen molar-refractivity contribution in [1.82, 2.24) is 15.8 Å². The van der Waals surface area contributed by atoms with Crippen LogP contribution in [0.1, 0.15) is 29.9 Å². The first-order valence-corrected chi connectivity index (χ1v) is 5.41. The van der Waals surface area contributed by atoms with Crippen LogP contribution in [0.15, 0.2) is 9.52 Å². The lowest BCUT2D eigenvalue weighted by Gasteiger charge is -2.14.